The third-order valence-corrected chi connectivity index (χ3v) is 7.18. The Morgan fingerprint density at radius 2 is 2.00 bits per heavy atom. The first-order valence-electron chi connectivity index (χ1n) is 11.5. The molecule has 1 aliphatic heterocycles. The number of carbonyl (C=O) groups is 2. The fraction of sp³-hybridized carbons (Fsp3) is 0.346. The maximum atomic E-state index is 15.2. The lowest BCUT2D eigenvalue weighted by molar-refractivity contribution is 0.0292. The molecule has 3 heterocycles. The third-order valence-electron chi connectivity index (χ3n) is 6.16. The van der Waals surface area contributed by atoms with E-state index in [9.17, 15) is 9.59 Å². The van der Waals surface area contributed by atoms with E-state index in [0.29, 0.717) is 29.9 Å². The number of aromatic nitrogens is 2. The zero-order chi connectivity index (χ0) is 24.9. The van der Waals surface area contributed by atoms with Gasteiger partial charge in [0.15, 0.2) is 4.96 Å². The van der Waals surface area contributed by atoms with Crippen LogP contribution >= 0.6 is 11.3 Å². The summed E-state index contributed by atoms with van der Waals surface area (Å²) in [5.74, 6) is -0.414. The minimum atomic E-state index is -0.543. The van der Waals surface area contributed by atoms with Gasteiger partial charge in [-0.05, 0) is 63.1 Å². The van der Waals surface area contributed by atoms with Crippen molar-refractivity contribution in [2.75, 3.05) is 20.1 Å². The number of amides is 2. The van der Waals surface area contributed by atoms with E-state index in [-0.39, 0.29) is 23.7 Å². The quantitative estimate of drug-likeness (QED) is 0.412. The van der Waals surface area contributed by atoms with Crippen LogP contribution in [0, 0.1) is 5.82 Å². The zero-order valence-corrected chi connectivity index (χ0v) is 20.9. The molecule has 0 radical (unpaired) electrons. The third kappa shape index (κ3) is 4.48. The molecule has 182 valence electrons. The van der Waals surface area contributed by atoms with Crippen LogP contribution in [0.5, 0.6) is 0 Å². The first kappa shape index (κ1) is 23.3. The van der Waals surface area contributed by atoms with Gasteiger partial charge in [-0.3, -0.25) is 9.20 Å². The Bertz CT molecular complexity index is 1450. The number of ether oxygens (including phenoxy) is 1. The van der Waals surface area contributed by atoms with E-state index in [1.165, 1.54) is 11.3 Å². The number of carbonyl (C=O) groups excluding carboxylic acids is 2. The number of rotatable bonds is 3. The first-order valence-corrected chi connectivity index (χ1v) is 12.4. The molecule has 5 rings (SSSR count). The number of hydrogen-bond donors (Lipinski definition) is 1. The summed E-state index contributed by atoms with van der Waals surface area (Å²) in [6.07, 6.45) is 2.26. The molecule has 2 aromatic heterocycles. The van der Waals surface area contributed by atoms with Gasteiger partial charge in [-0.1, -0.05) is 17.4 Å². The van der Waals surface area contributed by atoms with Crippen molar-refractivity contribution in [2.24, 2.45) is 0 Å². The molecule has 7 nitrogen and oxygen atoms in total. The van der Waals surface area contributed by atoms with Crippen LogP contribution in [0.3, 0.4) is 0 Å². The van der Waals surface area contributed by atoms with Gasteiger partial charge in [-0.25, -0.2) is 14.2 Å². The predicted octanol–water partition coefficient (Wildman–Crippen LogP) is 5.44. The largest absolute Gasteiger partial charge is 0.444 e. The van der Waals surface area contributed by atoms with Crippen LogP contribution in [0.1, 0.15) is 49.0 Å². The van der Waals surface area contributed by atoms with Gasteiger partial charge in [0.1, 0.15) is 11.4 Å². The van der Waals surface area contributed by atoms with Gasteiger partial charge in [-0.2, -0.15) is 0 Å². The maximum Gasteiger partial charge on any atom is 0.410 e. The molecule has 2 amide bonds. The van der Waals surface area contributed by atoms with E-state index in [0.717, 1.165) is 27.2 Å². The van der Waals surface area contributed by atoms with Crippen LogP contribution in [0.15, 0.2) is 42.6 Å². The van der Waals surface area contributed by atoms with Crippen molar-refractivity contribution in [2.45, 2.75) is 38.7 Å². The molecule has 0 saturated carbocycles. The maximum absolute atomic E-state index is 15.2. The van der Waals surface area contributed by atoms with Crippen molar-refractivity contribution in [3.05, 3.63) is 59.5 Å². The van der Waals surface area contributed by atoms with Gasteiger partial charge in [0, 0.05) is 43.4 Å². The van der Waals surface area contributed by atoms with Crippen LogP contribution in [-0.2, 0) is 4.74 Å². The van der Waals surface area contributed by atoms with E-state index in [4.69, 9.17) is 4.74 Å². The molecule has 4 aromatic rings. The van der Waals surface area contributed by atoms with Crippen molar-refractivity contribution in [1.82, 2.24) is 19.6 Å². The summed E-state index contributed by atoms with van der Waals surface area (Å²) in [6.45, 7) is 6.64. The van der Waals surface area contributed by atoms with Crippen LogP contribution in [0.2, 0.25) is 0 Å². The minimum absolute atomic E-state index is 0.0648. The molecule has 2 aromatic carbocycles. The van der Waals surface area contributed by atoms with E-state index >= 15 is 4.39 Å². The number of nitrogens with one attached hydrogen (secondary N) is 1. The molecule has 1 unspecified atom stereocenters. The molecule has 1 aliphatic rings. The summed E-state index contributed by atoms with van der Waals surface area (Å²) >= 11 is 1.46. The fourth-order valence-electron chi connectivity index (χ4n) is 4.43. The lowest BCUT2D eigenvalue weighted by atomic mass is 9.96. The Kier molecular flexibility index (Phi) is 5.75. The first-order chi connectivity index (χ1) is 16.6. The van der Waals surface area contributed by atoms with Crippen LogP contribution in [0.4, 0.5) is 9.18 Å². The standard InChI is InChI=1S/C26H27FN4O3S/c1-26(2,3)34-25(33)30-10-9-17(13-30)15-5-7-18(19(27)11-15)20-14-31-21-8-6-16(23(32)28-4)12-22(21)35-24(31)29-20/h5-8,11-12,14,17H,9-10,13H2,1-4H3,(H,28,32). The molecule has 0 spiro atoms. The molecule has 1 atom stereocenters. The smallest absolute Gasteiger partial charge is 0.410 e. The van der Waals surface area contributed by atoms with Crippen molar-refractivity contribution in [3.8, 4) is 11.3 Å². The number of hydrogen-bond acceptors (Lipinski definition) is 5. The van der Waals surface area contributed by atoms with Crippen molar-refractivity contribution in [1.29, 1.82) is 0 Å². The summed E-state index contributed by atoms with van der Waals surface area (Å²) in [5.41, 5.74) is 2.82. The summed E-state index contributed by atoms with van der Waals surface area (Å²) < 4.78 is 23.5. The molecule has 1 fully saturated rings. The fourth-order valence-corrected chi connectivity index (χ4v) is 5.48. The number of halogens is 1. The van der Waals surface area contributed by atoms with E-state index in [1.807, 2.05) is 49.6 Å². The molecular weight excluding hydrogens is 467 g/mol. The Morgan fingerprint density at radius 1 is 1.20 bits per heavy atom. The Labute approximate surface area is 206 Å². The molecule has 0 bridgehead atoms. The van der Waals surface area contributed by atoms with Crippen molar-refractivity contribution >= 4 is 38.5 Å². The lowest BCUT2D eigenvalue weighted by Crippen LogP contribution is -2.35. The van der Waals surface area contributed by atoms with Gasteiger partial charge in [0.05, 0.1) is 15.9 Å². The van der Waals surface area contributed by atoms with E-state index < -0.39 is 5.60 Å². The molecular formula is C26H27FN4O3S. The number of thiazole rings is 1. The number of nitrogens with zero attached hydrogens (tertiary/aromatic N) is 3. The predicted molar refractivity (Wildman–Crippen MR) is 135 cm³/mol. The SMILES string of the molecule is CNC(=O)c1ccc2c(c1)sc1nc(-c3ccc(C4CCN(C(=O)OC(C)(C)C)C4)cc3F)cn12. The number of benzene rings is 2. The number of likely N-dealkylation sites (tertiary alicyclic amines) is 1. The van der Waals surface area contributed by atoms with E-state index in [2.05, 4.69) is 10.3 Å². The highest BCUT2D eigenvalue weighted by molar-refractivity contribution is 7.23. The molecule has 1 N–H and O–H groups in total. The highest BCUT2D eigenvalue weighted by Crippen LogP contribution is 2.34. The number of fused-ring (bicyclic) bond motifs is 3. The summed E-state index contributed by atoms with van der Waals surface area (Å²) in [5, 5.41) is 2.63. The van der Waals surface area contributed by atoms with Crippen molar-refractivity contribution < 1.29 is 18.7 Å². The summed E-state index contributed by atoms with van der Waals surface area (Å²) in [6, 6.07) is 10.7. The van der Waals surface area contributed by atoms with E-state index in [1.54, 1.807) is 30.1 Å². The van der Waals surface area contributed by atoms with Gasteiger partial charge >= 0.3 is 6.09 Å². The van der Waals surface area contributed by atoms with Crippen molar-refractivity contribution in [3.63, 3.8) is 0 Å². The zero-order valence-electron chi connectivity index (χ0n) is 20.1. The van der Waals surface area contributed by atoms with Gasteiger partial charge in [0.25, 0.3) is 5.91 Å². The summed E-state index contributed by atoms with van der Waals surface area (Å²) in [4.78, 5) is 31.3. The molecule has 1 saturated heterocycles. The van der Waals surface area contributed by atoms with Crippen LogP contribution in [0.25, 0.3) is 26.4 Å². The number of imidazole rings is 1. The topological polar surface area (TPSA) is 75.9 Å². The normalized spacial score (nSPS) is 16.3. The average Bonchev–Trinajstić information content (AvgIpc) is 3.51. The monoisotopic (exact) mass is 494 g/mol. The highest BCUT2D eigenvalue weighted by Gasteiger charge is 2.31. The Hall–Kier alpha value is -3.46. The molecule has 35 heavy (non-hydrogen) atoms. The Morgan fingerprint density at radius 3 is 2.71 bits per heavy atom. The molecule has 0 aliphatic carbocycles. The lowest BCUT2D eigenvalue weighted by Gasteiger charge is -2.24. The average molecular weight is 495 g/mol. The van der Waals surface area contributed by atoms with Gasteiger partial charge in [-0.15, -0.1) is 0 Å². The second-order valence-electron chi connectivity index (χ2n) is 9.79. The Balaban J connectivity index is 1.37. The highest BCUT2D eigenvalue weighted by atomic mass is 32.1. The van der Waals surface area contributed by atoms with Crippen LogP contribution < -0.4 is 5.32 Å². The second kappa shape index (κ2) is 8.64. The van der Waals surface area contributed by atoms with Gasteiger partial charge in [0.2, 0.25) is 0 Å². The van der Waals surface area contributed by atoms with Crippen LogP contribution in [-0.4, -0.2) is 52.0 Å². The summed E-state index contributed by atoms with van der Waals surface area (Å²) in [7, 11) is 1.60. The second-order valence-corrected chi connectivity index (χ2v) is 10.8. The molecule has 9 heteroatoms. The van der Waals surface area contributed by atoms with Gasteiger partial charge < -0.3 is 15.0 Å². The minimum Gasteiger partial charge on any atom is -0.444 e.